The molecule has 2 aromatic carbocycles. The second-order valence-electron chi connectivity index (χ2n) is 5.35. The summed E-state index contributed by atoms with van der Waals surface area (Å²) in [5.41, 5.74) is 6.79. The minimum Gasteiger partial charge on any atom is -0.406 e. The van der Waals surface area contributed by atoms with E-state index < -0.39 is 18.0 Å². The summed E-state index contributed by atoms with van der Waals surface area (Å²) in [7, 11) is 0. The summed E-state index contributed by atoms with van der Waals surface area (Å²) in [5.74, 6) is -1.52. The maximum absolute atomic E-state index is 13.1. The number of alkyl halides is 3. The van der Waals surface area contributed by atoms with Crippen LogP contribution >= 0.6 is 24.0 Å². The lowest BCUT2D eigenvalue weighted by molar-refractivity contribution is -0.274. The molecule has 0 aliphatic rings. The Bertz CT molecular complexity index is 746. The lowest BCUT2D eigenvalue weighted by atomic mass is 10.1. The molecule has 27 heavy (non-hydrogen) atoms. The fourth-order valence-corrected chi connectivity index (χ4v) is 2.12. The average molecular weight is 501 g/mol. The zero-order valence-electron chi connectivity index (χ0n) is 13.9. The first-order chi connectivity index (χ1) is 12.2. The van der Waals surface area contributed by atoms with Crippen LogP contribution in [0.4, 0.5) is 22.0 Å². The summed E-state index contributed by atoms with van der Waals surface area (Å²) in [6, 6.07) is 8.48. The van der Waals surface area contributed by atoms with Crippen molar-refractivity contribution in [3.63, 3.8) is 0 Å². The number of benzene rings is 2. The number of nitrogens with two attached hydrogens (primary N) is 1. The molecule has 0 heterocycles. The molecule has 0 amide bonds. The Morgan fingerprint density at radius 2 is 1.59 bits per heavy atom. The van der Waals surface area contributed by atoms with Crippen LogP contribution in [0.3, 0.4) is 0 Å². The molecule has 0 saturated carbocycles. The molecule has 148 valence electrons. The van der Waals surface area contributed by atoms with Crippen molar-refractivity contribution in [3.8, 4) is 5.75 Å². The van der Waals surface area contributed by atoms with E-state index in [9.17, 15) is 22.0 Å². The highest BCUT2D eigenvalue weighted by Gasteiger charge is 2.30. The van der Waals surface area contributed by atoms with Gasteiger partial charge in [-0.3, -0.25) is 0 Å². The smallest absolute Gasteiger partial charge is 0.406 e. The lowest BCUT2D eigenvalue weighted by Crippen LogP contribution is -2.33. The van der Waals surface area contributed by atoms with Crippen LogP contribution in [0.5, 0.6) is 5.75 Å². The maximum atomic E-state index is 13.1. The first kappa shape index (κ1) is 22.9. The van der Waals surface area contributed by atoms with Crippen molar-refractivity contribution < 1.29 is 26.7 Å². The van der Waals surface area contributed by atoms with Gasteiger partial charge in [0.15, 0.2) is 5.96 Å². The van der Waals surface area contributed by atoms with Gasteiger partial charge in [0.1, 0.15) is 17.4 Å². The van der Waals surface area contributed by atoms with Gasteiger partial charge in [-0.15, -0.1) is 37.1 Å². The second kappa shape index (κ2) is 10.3. The van der Waals surface area contributed by atoms with Gasteiger partial charge in [0.2, 0.25) is 0 Å². The van der Waals surface area contributed by atoms with E-state index in [2.05, 4.69) is 15.0 Å². The first-order valence-corrected chi connectivity index (χ1v) is 7.55. The van der Waals surface area contributed by atoms with Gasteiger partial charge in [-0.25, -0.2) is 13.8 Å². The van der Waals surface area contributed by atoms with Crippen LogP contribution in [-0.2, 0) is 13.0 Å². The van der Waals surface area contributed by atoms with Gasteiger partial charge in [-0.2, -0.15) is 0 Å². The molecular formula is C17H17F5IN3O. The largest absolute Gasteiger partial charge is 0.573 e. The summed E-state index contributed by atoms with van der Waals surface area (Å²) < 4.78 is 66.1. The topological polar surface area (TPSA) is 59.6 Å². The Hall–Kier alpha value is -2.11. The van der Waals surface area contributed by atoms with E-state index in [0.29, 0.717) is 24.1 Å². The Morgan fingerprint density at radius 3 is 2.15 bits per heavy atom. The van der Waals surface area contributed by atoms with Crippen molar-refractivity contribution in [2.75, 3.05) is 6.54 Å². The van der Waals surface area contributed by atoms with E-state index in [1.807, 2.05) is 0 Å². The van der Waals surface area contributed by atoms with Gasteiger partial charge >= 0.3 is 6.36 Å². The number of hydrogen-bond acceptors (Lipinski definition) is 2. The van der Waals surface area contributed by atoms with Crippen LogP contribution in [0.15, 0.2) is 47.5 Å². The number of rotatable bonds is 6. The number of nitrogens with zero attached hydrogens (tertiary/aromatic N) is 1. The van der Waals surface area contributed by atoms with E-state index in [0.717, 1.165) is 6.07 Å². The third-order valence-electron chi connectivity index (χ3n) is 3.23. The van der Waals surface area contributed by atoms with Crippen molar-refractivity contribution in [2.45, 2.75) is 19.3 Å². The van der Waals surface area contributed by atoms with Crippen LogP contribution in [0.25, 0.3) is 0 Å². The van der Waals surface area contributed by atoms with Gasteiger partial charge < -0.3 is 15.8 Å². The summed E-state index contributed by atoms with van der Waals surface area (Å²) in [6.07, 6.45) is -4.40. The molecule has 0 fully saturated rings. The van der Waals surface area contributed by atoms with E-state index >= 15 is 0 Å². The van der Waals surface area contributed by atoms with Crippen LogP contribution in [0.2, 0.25) is 0 Å². The highest BCUT2D eigenvalue weighted by Crippen LogP contribution is 2.22. The van der Waals surface area contributed by atoms with Gasteiger partial charge in [0.05, 0.1) is 6.54 Å². The van der Waals surface area contributed by atoms with E-state index in [-0.39, 0.29) is 42.2 Å². The van der Waals surface area contributed by atoms with Crippen LogP contribution in [0, 0.1) is 11.6 Å². The third-order valence-corrected chi connectivity index (χ3v) is 3.23. The zero-order valence-corrected chi connectivity index (χ0v) is 16.2. The van der Waals surface area contributed by atoms with Crippen molar-refractivity contribution in [3.05, 3.63) is 65.2 Å². The molecule has 2 rings (SSSR count). The number of aliphatic imine (C=N–C) groups is 1. The molecule has 2 aromatic rings. The molecule has 0 aliphatic heterocycles. The quantitative estimate of drug-likeness (QED) is 0.271. The molecule has 0 saturated heterocycles. The molecule has 10 heteroatoms. The van der Waals surface area contributed by atoms with E-state index in [1.165, 1.54) is 36.4 Å². The van der Waals surface area contributed by atoms with Gasteiger partial charge in [0.25, 0.3) is 0 Å². The molecule has 0 spiro atoms. The van der Waals surface area contributed by atoms with Gasteiger partial charge in [0, 0.05) is 12.6 Å². The highest BCUT2D eigenvalue weighted by atomic mass is 127. The third kappa shape index (κ3) is 8.89. The summed E-state index contributed by atoms with van der Waals surface area (Å²) in [6.45, 7) is 0.469. The molecule has 0 aromatic heterocycles. The normalized spacial score (nSPS) is 11.7. The monoisotopic (exact) mass is 501 g/mol. The molecule has 0 radical (unpaired) electrons. The Kier molecular flexibility index (Phi) is 8.73. The molecule has 0 aliphatic carbocycles. The van der Waals surface area contributed by atoms with E-state index in [1.54, 1.807) is 0 Å². The number of nitrogens with one attached hydrogen (secondary N) is 1. The van der Waals surface area contributed by atoms with Crippen molar-refractivity contribution in [1.29, 1.82) is 0 Å². The van der Waals surface area contributed by atoms with Crippen LogP contribution < -0.4 is 15.8 Å². The standard InChI is InChI=1S/C17H16F5N3O.HI/c18-13-7-12(8-14(19)9-13)5-6-24-16(23)25-10-11-1-3-15(4-2-11)26-17(20,21)22;/h1-4,7-9H,5-6,10H2,(H3,23,24,25);1H. The Morgan fingerprint density at radius 1 is 1.00 bits per heavy atom. The molecule has 0 atom stereocenters. The van der Waals surface area contributed by atoms with Crippen LogP contribution in [-0.4, -0.2) is 18.9 Å². The summed E-state index contributed by atoms with van der Waals surface area (Å²) >= 11 is 0. The first-order valence-electron chi connectivity index (χ1n) is 7.55. The Balaban J connectivity index is 0.00000364. The van der Waals surface area contributed by atoms with Crippen molar-refractivity contribution in [2.24, 2.45) is 10.7 Å². The SMILES string of the molecule is I.NC(=NCc1ccc(OC(F)(F)F)cc1)NCCc1cc(F)cc(F)c1. The average Bonchev–Trinajstić information content (AvgIpc) is 2.52. The van der Waals surface area contributed by atoms with Crippen molar-refractivity contribution >= 4 is 29.9 Å². The predicted octanol–water partition coefficient (Wildman–Crippen LogP) is 4.13. The molecule has 0 unspecified atom stereocenters. The molecule has 3 N–H and O–H groups in total. The predicted molar refractivity (Wildman–Crippen MR) is 102 cm³/mol. The maximum Gasteiger partial charge on any atom is 0.573 e. The molecule has 0 bridgehead atoms. The summed E-state index contributed by atoms with van der Waals surface area (Å²) in [5, 5.41) is 2.79. The highest BCUT2D eigenvalue weighted by molar-refractivity contribution is 14.0. The van der Waals surface area contributed by atoms with Gasteiger partial charge in [-0.05, 0) is 41.8 Å². The number of guanidine groups is 1. The Labute approximate surface area is 169 Å². The van der Waals surface area contributed by atoms with Gasteiger partial charge in [-0.1, -0.05) is 12.1 Å². The minimum atomic E-state index is -4.74. The number of halogens is 6. The lowest BCUT2D eigenvalue weighted by Gasteiger charge is -2.09. The molecular weight excluding hydrogens is 484 g/mol. The molecule has 4 nitrogen and oxygen atoms in total. The fraction of sp³-hybridized carbons (Fsp3) is 0.235. The van der Waals surface area contributed by atoms with Crippen LogP contribution in [0.1, 0.15) is 11.1 Å². The fourth-order valence-electron chi connectivity index (χ4n) is 2.12. The number of ether oxygens (including phenoxy) is 1. The summed E-state index contributed by atoms with van der Waals surface area (Å²) in [4.78, 5) is 4.04. The second-order valence-corrected chi connectivity index (χ2v) is 5.35. The minimum absolute atomic E-state index is 0. The zero-order chi connectivity index (χ0) is 19.2. The van der Waals surface area contributed by atoms with Crippen molar-refractivity contribution in [1.82, 2.24) is 5.32 Å². The number of hydrogen-bond donors (Lipinski definition) is 2. The van der Waals surface area contributed by atoms with E-state index in [4.69, 9.17) is 5.73 Å².